The van der Waals surface area contributed by atoms with E-state index in [0.29, 0.717) is 36.5 Å². The first-order valence-corrected chi connectivity index (χ1v) is 11.8. The lowest BCUT2D eigenvalue weighted by Crippen LogP contribution is -2.63. The summed E-state index contributed by atoms with van der Waals surface area (Å²) in [4.78, 5) is 20.1. The average molecular weight is 432 g/mol. The fraction of sp³-hybridized carbons (Fsp3) is 0.450. The highest BCUT2D eigenvalue weighted by molar-refractivity contribution is 7.88. The van der Waals surface area contributed by atoms with Crippen LogP contribution in [0.4, 0.5) is 0 Å². The highest BCUT2D eigenvalue weighted by Crippen LogP contribution is 2.37. The fourth-order valence-corrected chi connectivity index (χ4v) is 4.78. The highest BCUT2D eigenvalue weighted by atomic mass is 32.2. The summed E-state index contributed by atoms with van der Waals surface area (Å²) in [6, 6.07) is 1.87. The van der Waals surface area contributed by atoms with Crippen molar-refractivity contribution in [3.63, 3.8) is 0 Å². The number of aromatic nitrogens is 4. The fourth-order valence-electron chi connectivity index (χ4n) is 3.83. The summed E-state index contributed by atoms with van der Waals surface area (Å²) in [5.74, 6) is -0.424. The Hall–Kier alpha value is -2.72. The van der Waals surface area contributed by atoms with Crippen LogP contribution >= 0.6 is 0 Å². The van der Waals surface area contributed by atoms with Crippen LogP contribution in [-0.2, 0) is 20.3 Å². The Bertz CT molecular complexity index is 1190. The van der Waals surface area contributed by atoms with Crippen LogP contribution in [0, 0.1) is 0 Å². The number of rotatable bonds is 7. The first-order chi connectivity index (χ1) is 14.3. The van der Waals surface area contributed by atoms with Crippen LogP contribution in [0.2, 0.25) is 0 Å². The lowest BCUT2D eigenvalue weighted by molar-refractivity contribution is 0.0505. The number of nitrogens with one attached hydrogen (secondary N) is 1. The second kappa shape index (κ2) is 7.51. The van der Waals surface area contributed by atoms with E-state index in [-0.39, 0.29) is 0 Å². The molecule has 3 aromatic rings. The molecule has 4 heterocycles. The monoisotopic (exact) mass is 431 g/mol. The van der Waals surface area contributed by atoms with Gasteiger partial charge in [0.15, 0.2) is 0 Å². The van der Waals surface area contributed by atoms with Crippen LogP contribution in [0.3, 0.4) is 0 Å². The lowest BCUT2D eigenvalue weighted by atomic mass is 9.89. The van der Waals surface area contributed by atoms with Crippen LogP contribution in [0.15, 0.2) is 30.9 Å². The third-order valence-corrected chi connectivity index (χ3v) is 6.87. The summed E-state index contributed by atoms with van der Waals surface area (Å²) in [6.07, 6.45) is 9.56. The predicted octanol–water partition coefficient (Wildman–Crippen LogP) is 2.37. The molecule has 160 valence electrons. The number of ether oxygens (including phenoxy) is 1. The Balaban J connectivity index is 1.74. The van der Waals surface area contributed by atoms with Gasteiger partial charge in [-0.3, -0.25) is 4.68 Å². The van der Waals surface area contributed by atoms with E-state index >= 15 is 0 Å². The van der Waals surface area contributed by atoms with Crippen LogP contribution in [0.1, 0.15) is 37.0 Å². The minimum absolute atomic E-state index is 0.336. The molecule has 0 aliphatic carbocycles. The molecule has 0 atom stereocenters. The van der Waals surface area contributed by atoms with Gasteiger partial charge in [0.1, 0.15) is 5.65 Å². The van der Waals surface area contributed by atoms with E-state index < -0.39 is 21.5 Å². The maximum Gasteiger partial charge on any atom is 0.340 e. The molecule has 1 aliphatic rings. The number of fused-ring (bicyclic) bond motifs is 1. The van der Waals surface area contributed by atoms with Crippen molar-refractivity contribution in [2.24, 2.45) is 0 Å². The smallest absolute Gasteiger partial charge is 0.340 e. The van der Waals surface area contributed by atoms with Crippen molar-refractivity contribution in [1.29, 1.82) is 0 Å². The molecule has 1 saturated heterocycles. The number of carbonyl (C=O) groups excluding carboxylic acids is 1. The first kappa shape index (κ1) is 20.5. The minimum Gasteiger partial charge on any atom is -0.462 e. The Kier molecular flexibility index (Phi) is 5.15. The quantitative estimate of drug-likeness (QED) is 0.575. The van der Waals surface area contributed by atoms with Gasteiger partial charge in [-0.2, -0.15) is 9.40 Å². The second-order valence-electron chi connectivity index (χ2n) is 7.71. The molecular formula is C20H25N5O4S. The van der Waals surface area contributed by atoms with Crippen LogP contribution in [0.25, 0.3) is 22.2 Å². The summed E-state index contributed by atoms with van der Waals surface area (Å²) < 4.78 is 32.3. The van der Waals surface area contributed by atoms with E-state index in [1.165, 1.54) is 16.8 Å². The van der Waals surface area contributed by atoms with Crippen molar-refractivity contribution >= 4 is 27.0 Å². The van der Waals surface area contributed by atoms with Crippen molar-refractivity contribution in [3.05, 3.63) is 36.4 Å². The molecule has 1 fully saturated rings. The maximum absolute atomic E-state index is 12.7. The Morgan fingerprint density at radius 3 is 2.73 bits per heavy atom. The normalized spacial score (nSPS) is 16.5. The van der Waals surface area contributed by atoms with E-state index in [9.17, 15) is 13.2 Å². The molecule has 0 aromatic carbocycles. The van der Waals surface area contributed by atoms with Gasteiger partial charge in [-0.15, -0.1) is 0 Å². The topological polar surface area (TPSA) is 110 Å². The number of pyridine rings is 1. The second-order valence-corrected chi connectivity index (χ2v) is 9.69. The third kappa shape index (κ3) is 3.39. The Morgan fingerprint density at radius 1 is 1.30 bits per heavy atom. The van der Waals surface area contributed by atoms with Gasteiger partial charge < -0.3 is 9.72 Å². The zero-order valence-electron chi connectivity index (χ0n) is 17.3. The van der Waals surface area contributed by atoms with Crippen molar-refractivity contribution < 1.29 is 17.9 Å². The zero-order chi connectivity index (χ0) is 21.5. The van der Waals surface area contributed by atoms with Crippen molar-refractivity contribution in [1.82, 2.24) is 24.1 Å². The SMILES string of the molecule is CCCOC(=O)c1cnc2[nH]ccc2c1-c1cnn(C2(CC)CN(S(C)(=O)=O)C2)c1. The molecular weight excluding hydrogens is 406 g/mol. The number of hydrogen-bond donors (Lipinski definition) is 1. The minimum atomic E-state index is -3.23. The van der Waals surface area contributed by atoms with Gasteiger partial charge in [0.25, 0.3) is 0 Å². The van der Waals surface area contributed by atoms with Crippen LogP contribution < -0.4 is 0 Å². The molecule has 4 rings (SSSR count). The number of carbonyl (C=O) groups is 1. The summed E-state index contributed by atoms with van der Waals surface area (Å²) >= 11 is 0. The average Bonchev–Trinajstić information content (AvgIpc) is 3.33. The summed E-state index contributed by atoms with van der Waals surface area (Å²) in [5.41, 5.74) is 2.12. The van der Waals surface area contributed by atoms with E-state index in [1.807, 2.05) is 30.8 Å². The summed E-state index contributed by atoms with van der Waals surface area (Å²) in [5, 5.41) is 5.34. The maximum atomic E-state index is 12.7. The molecule has 0 saturated carbocycles. The molecule has 0 amide bonds. The number of aromatic amines is 1. The van der Waals surface area contributed by atoms with Gasteiger partial charge in [-0.05, 0) is 18.9 Å². The number of hydrogen-bond acceptors (Lipinski definition) is 6. The molecule has 9 nitrogen and oxygen atoms in total. The summed E-state index contributed by atoms with van der Waals surface area (Å²) in [6.45, 7) is 5.05. The number of sulfonamides is 1. The molecule has 0 radical (unpaired) electrons. The standard InChI is InChI=1S/C20H25N5O4S/c1-4-8-29-19(26)16-10-22-18-15(6-7-21-18)17(16)14-9-23-25(11-14)20(5-2)12-24(13-20)30(3,27)28/h6-7,9-11H,4-5,8,12-13H2,1-3H3,(H,21,22). The highest BCUT2D eigenvalue weighted by Gasteiger charge is 2.47. The summed E-state index contributed by atoms with van der Waals surface area (Å²) in [7, 11) is -3.23. The van der Waals surface area contributed by atoms with Gasteiger partial charge >= 0.3 is 5.97 Å². The zero-order valence-corrected chi connectivity index (χ0v) is 18.1. The van der Waals surface area contributed by atoms with E-state index in [4.69, 9.17) is 4.74 Å². The van der Waals surface area contributed by atoms with Gasteiger partial charge in [0.05, 0.1) is 30.2 Å². The molecule has 3 aromatic heterocycles. The van der Waals surface area contributed by atoms with Gasteiger partial charge in [0.2, 0.25) is 10.0 Å². The van der Waals surface area contributed by atoms with Gasteiger partial charge in [-0.1, -0.05) is 13.8 Å². The number of nitrogens with zero attached hydrogens (tertiary/aromatic N) is 4. The third-order valence-electron chi connectivity index (χ3n) is 5.67. The van der Waals surface area contributed by atoms with Crippen LogP contribution in [0.5, 0.6) is 0 Å². The van der Waals surface area contributed by atoms with Crippen LogP contribution in [-0.4, -0.2) is 64.4 Å². The van der Waals surface area contributed by atoms with E-state index in [2.05, 4.69) is 15.1 Å². The lowest BCUT2D eigenvalue weighted by Gasteiger charge is -2.48. The van der Waals surface area contributed by atoms with Gasteiger partial charge in [0, 0.05) is 48.2 Å². The van der Waals surface area contributed by atoms with Crippen molar-refractivity contribution in [2.75, 3.05) is 26.0 Å². The van der Waals surface area contributed by atoms with E-state index in [0.717, 1.165) is 23.8 Å². The predicted molar refractivity (Wildman–Crippen MR) is 113 cm³/mol. The molecule has 10 heteroatoms. The molecule has 0 bridgehead atoms. The molecule has 0 unspecified atom stereocenters. The number of esters is 1. The number of H-pyrrole nitrogens is 1. The molecule has 1 N–H and O–H groups in total. The Morgan fingerprint density at radius 2 is 2.07 bits per heavy atom. The van der Waals surface area contributed by atoms with Crippen molar-refractivity contribution in [2.45, 2.75) is 32.2 Å². The Labute approximate surface area is 175 Å². The molecule has 30 heavy (non-hydrogen) atoms. The first-order valence-electron chi connectivity index (χ1n) is 9.93. The molecule has 1 aliphatic heterocycles. The molecule has 0 spiro atoms. The van der Waals surface area contributed by atoms with Crippen molar-refractivity contribution in [3.8, 4) is 11.1 Å². The van der Waals surface area contributed by atoms with Gasteiger partial charge in [-0.25, -0.2) is 18.2 Å². The largest absolute Gasteiger partial charge is 0.462 e. The van der Waals surface area contributed by atoms with E-state index in [1.54, 1.807) is 12.4 Å².